The van der Waals surface area contributed by atoms with Crippen LogP contribution in [0, 0.1) is 5.82 Å². The zero-order valence-corrected chi connectivity index (χ0v) is 18.1. The predicted octanol–water partition coefficient (Wildman–Crippen LogP) is 4.25. The third-order valence-corrected chi connectivity index (χ3v) is 6.29. The number of carbonyl (C=O) groups is 1. The fourth-order valence-electron chi connectivity index (χ4n) is 4.64. The van der Waals surface area contributed by atoms with Crippen molar-refractivity contribution in [3.63, 3.8) is 0 Å². The van der Waals surface area contributed by atoms with E-state index in [4.69, 9.17) is 18.7 Å². The number of fused-ring (bicyclic) bond motifs is 2. The molecule has 2 heterocycles. The van der Waals surface area contributed by atoms with Crippen LogP contribution in [0.3, 0.4) is 0 Å². The van der Waals surface area contributed by atoms with E-state index < -0.39 is 0 Å². The van der Waals surface area contributed by atoms with Crippen molar-refractivity contribution in [2.24, 2.45) is 0 Å². The van der Waals surface area contributed by atoms with Gasteiger partial charge in [-0.2, -0.15) is 0 Å². The van der Waals surface area contributed by atoms with Crippen molar-refractivity contribution in [3.8, 4) is 17.2 Å². The monoisotopic (exact) mass is 438 g/mol. The Balaban J connectivity index is 1.33. The minimum Gasteiger partial charge on any atom is -0.493 e. The topological polar surface area (TPSA) is 74.0 Å². The Bertz CT molecular complexity index is 1240. The van der Waals surface area contributed by atoms with Gasteiger partial charge in [-0.1, -0.05) is 5.16 Å². The van der Waals surface area contributed by atoms with Crippen molar-refractivity contribution in [2.45, 2.75) is 18.8 Å². The van der Waals surface area contributed by atoms with Crippen LogP contribution >= 0.6 is 0 Å². The van der Waals surface area contributed by atoms with Crippen LogP contribution in [0.15, 0.2) is 28.8 Å². The summed E-state index contributed by atoms with van der Waals surface area (Å²) in [5.74, 6) is 1.32. The van der Waals surface area contributed by atoms with Crippen LogP contribution in [0.4, 0.5) is 4.39 Å². The lowest BCUT2D eigenvalue weighted by Crippen LogP contribution is -2.39. The molecule has 1 aliphatic heterocycles. The minimum atomic E-state index is -0.348. The molecule has 0 unspecified atom stereocenters. The van der Waals surface area contributed by atoms with E-state index in [1.54, 1.807) is 27.4 Å². The fourth-order valence-corrected chi connectivity index (χ4v) is 4.64. The summed E-state index contributed by atoms with van der Waals surface area (Å²) in [5, 5.41) is 5.01. The Labute approximate surface area is 184 Å². The lowest BCUT2D eigenvalue weighted by Gasteiger charge is -2.34. The van der Waals surface area contributed by atoms with Crippen molar-refractivity contribution in [1.29, 1.82) is 0 Å². The van der Waals surface area contributed by atoms with Crippen LogP contribution in [0.2, 0.25) is 0 Å². The van der Waals surface area contributed by atoms with Crippen molar-refractivity contribution in [1.82, 2.24) is 10.1 Å². The number of aromatic nitrogens is 1. The Kier molecular flexibility index (Phi) is 5.00. The molecule has 2 aromatic carbocycles. The number of benzene rings is 2. The third-order valence-electron chi connectivity index (χ3n) is 6.29. The summed E-state index contributed by atoms with van der Waals surface area (Å²) in [6.45, 7) is 1.20. The molecule has 1 aliphatic carbocycles. The van der Waals surface area contributed by atoms with Gasteiger partial charge >= 0.3 is 0 Å². The van der Waals surface area contributed by atoms with Crippen molar-refractivity contribution in [3.05, 3.63) is 46.9 Å². The number of hydrogen-bond donors (Lipinski definition) is 0. The molecule has 0 saturated carbocycles. The standard InChI is InChI=1S/C24H23FN2O5/c1-29-19-11-14-10-17(20(14)23(31-3)22(19)30-2)24(28)27-8-6-13(7-9-27)21-16-5-4-15(25)12-18(16)32-26-21/h4-5,10-13H,6-9H2,1-3H3. The van der Waals surface area contributed by atoms with E-state index in [2.05, 4.69) is 5.16 Å². The van der Waals surface area contributed by atoms with Crippen LogP contribution in [0.1, 0.15) is 35.6 Å². The summed E-state index contributed by atoms with van der Waals surface area (Å²) < 4.78 is 35.1. The summed E-state index contributed by atoms with van der Waals surface area (Å²) in [6, 6.07) is 6.32. The van der Waals surface area contributed by atoms with Gasteiger partial charge in [0.05, 0.1) is 32.6 Å². The highest BCUT2D eigenvalue weighted by atomic mass is 19.1. The normalized spacial score (nSPS) is 15.8. The molecule has 0 bridgehead atoms. The first kappa shape index (κ1) is 20.4. The Morgan fingerprint density at radius 1 is 1.09 bits per heavy atom. The Morgan fingerprint density at radius 2 is 1.84 bits per heavy atom. The summed E-state index contributed by atoms with van der Waals surface area (Å²) in [4.78, 5) is 15.1. The molecular formula is C24H23FN2O5. The van der Waals surface area contributed by atoms with E-state index >= 15 is 0 Å². The molecule has 166 valence electrons. The Morgan fingerprint density at radius 3 is 2.53 bits per heavy atom. The van der Waals surface area contributed by atoms with Crippen LogP contribution < -0.4 is 14.2 Å². The van der Waals surface area contributed by atoms with Gasteiger partial charge in [-0.25, -0.2) is 4.39 Å². The van der Waals surface area contributed by atoms with Gasteiger partial charge in [0.2, 0.25) is 5.75 Å². The number of methoxy groups -OCH3 is 3. The number of hydrogen-bond acceptors (Lipinski definition) is 6. The maximum absolute atomic E-state index is 13.4. The quantitative estimate of drug-likeness (QED) is 0.593. The lowest BCUT2D eigenvalue weighted by atomic mass is 9.85. The molecule has 1 fully saturated rings. The minimum absolute atomic E-state index is 0.0337. The smallest absolute Gasteiger partial charge is 0.254 e. The van der Waals surface area contributed by atoms with Gasteiger partial charge < -0.3 is 23.6 Å². The summed E-state index contributed by atoms with van der Waals surface area (Å²) in [6.07, 6.45) is 3.37. The fraction of sp³-hybridized carbons (Fsp3) is 0.333. The van der Waals surface area contributed by atoms with Gasteiger partial charge in [-0.15, -0.1) is 0 Å². The molecule has 0 N–H and O–H groups in total. The maximum Gasteiger partial charge on any atom is 0.254 e. The van der Waals surface area contributed by atoms with E-state index in [-0.39, 0.29) is 17.6 Å². The first-order valence-corrected chi connectivity index (χ1v) is 10.4. The van der Waals surface area contributed by atoms with Crippen molar-refractivity contribution >= 4 is 28.5 Å². The molecule has 0 atom stereocenters. The molecule has 1 amide bonds. The van der Waals surface area contributed by atoms with E-state index in [0.717, 1.165) is 35.0 Å². The molecule has 7 nitrogen and oxygen atoms in total. The first-order chi connectivity index (χ1) is 15.5. The van der Waals surface area contributed by atoms with Crippen LogP contribution in [0.5, 0.6) is 17.2 Å². The molecule has 5 rings (SSSR count). The number of carbonyl (C=O) groups excluding carboxylic acids is 1. The second-order valence-corrected chi connectivity index (χ2v) is 7.94. The number of piperidine rings is 1. The predicted molar refractivity (Wildman–Crippen MR) is 116 cm³/mol. The molecule has 3 aromatic rings. The summed E-state index contributed by atoms with van der Waals surface area (Å²) in [5.41, 5.74) is 3.53. The zero-order valence-electron chi connectivity index (χ0n) is 18.1. The van der Waals surface area contributed by atoms with E-state index in [1.165, 1.54) is 12.1 Å². The lowest BCUT2D eigenvalue weighted by molar-refractivity contribution is -0.126. The Hall–Kier alpha value is -3.55. The number of nitrogens with zero attached hydrogens (tertiary/aromatic N) is 2. The molecule has 1 saturated heterocycles. The van der Waals surface area contributed by atoms with Crippen LogP contribution in [-0.2, 0) is 4.79 Å². The van der Waals surface area contributed by atoms with Crippen LogP contribution in [-0.4, -0.2) is 50.4 Å². The van der Waals surface area contributed by atoms with E-state index in [0.29, 0.717) is 41.5 Å². The van der Waals surface area contributed by atoms with Gasteiger partial charge in [0.25, 0.3) is 5.91 Å². The van der Waals surface area contributed by atoms with Gasteiger partial charge in [0.15, 0.2) is 17.1 Å². The molecule has 8 heteroatoms. The summed E-state index contributed by atoms with van der Waals surface area (Å²) in [7, 11) is 4.66. The molecule has 1 aromatic heterocycles. The highest BCUT2D eigenvalue weighted by Gasteiger charge is 2.35. The second kappa shape index (κ2) is 7.85. The third kappa shape index (κ3) is 3.09. The van der Waals surface area contributed by atoms with Crippen molar-refractivity contribution in [2.75, 3.05) is 34.4 Å². The maximum atomic E-state index is 13.4. The average Bonchev–Trinajstić information content (AvgIpc) is 3.22. The van der Waals surface area contributed by atoms with Crippen molar-refractivity contribution < 1.29 is 27.9 Å². The van der Waals surface area contributed by atoms with Gasteiger partial charge in [0, 0.05) is 36.0 Å². The summed E-state index contributed by atoms with van der Waals surface area (Å²) >= 11 is 0. The second-order valence-electron chi connectivity index (χ2n) is 7.94. The number of halogens is 1. The van der Waals surface area contributed by atoms with Gasteiger partial charge in [0.1, 0.15) is 5.82 Å². The SMILES string of the molecule is COc1cc2c(c(OC)c1OC)C(C(=O)N1CCC(c3noc4cc(F)ccc34)CC1)=C2. The highest BCUT2D eigenvalue weighted by Crippen LogP contribution is 2.50. The zero-order chi connectivity index (χ0) is 22.4. The number of amides is 1. The van der Waals surface area contributed by atoms with E-state index in [1.807, 2.05) is 17.0 Å². The number of likely N-dealkylation sites (tertiary alicyclic amines) is 1. The molecule has 0 spiro atoms. The number of ether oxygens (including phenoxy) is 3. The average molecular weight is 438 g/mol. The number of rotatable bonds is 5. The first-order valence-electron chi connectivity index (χ1n) is 10.4. The van der Waals surface area contributed by atoms with E-state index in [9.17, 15) is 9.18 Å². The molecule has 32 heavy (non-hydrogen) atoms. The van der Waals surface area contributed by atoms with Crippen LogP contribution in [0.25, 0.3) is 22.6 Å². The highest BCUT2D eigenvalue weighted by molar-refractivity contribution is 6.30. The largest absolute Gasteiger partial charge is 0.493 e. The molecule has 0 radical (unpaired) electrons. The van der Waals surface area contributed by atoms with Gasteiger partial charge in [-0.3, -0.25) is 4.79 Å². The molecular weight excluding hydrogens is 415 g/mol. The molecule has 2 aliphatic rings. The van der Waals surface area contributed by atoms with Gasteiger partial charge in [-0.05, 0) is 42.7 Å².